The summed E-state index contributed by atoms with van der Waals surface area (Å²) in [4.78, 5) is 11.8. The van der Waals surface area contributed by atoms with Gasteiger partial charge in [-0.05, 0) is 50.6 Å². The molecule has 122 valence electrons. The van der Waals surface area contributed by atoms with Crippen LogP contribution in [0.2, 0.25) is 0 Å². The van der Waals surface area contributed by atoms with Crippen LogP contribution in [0.3, 0.4) is 0 Å². The van der Waals surface area contributed by atoms with E-state index >= 15 is 0 Å². The number of carbonyl (C=O) groups excluding carboxylic acids is 1. The molecule has 1 fully saturated rings. The third-order valence-electron chi connectivity index (χ3n) is 3.56. The van der Waals surface area contributed by atoms with Crippen molar-refractivity contribution < 1.29 is 22.7 Å². The lowest BCUT2D eigenvalue weighted by Crippen LogP contribution is -2.34. The predicted molar refractivity (Wildman–Crippen MR) is 76.7 cm³/mol. The second-order valence-corrected chi connectivity index (χ2v) is 5.34. The molecule has 1 amide bonds. The zero-order valence-corrected chi connectivity index (χ0v) is 12.3. The number of anilines is 1. The van der Waals surface area contributed by atoms with E-state index in [1.807, 2.05) is 0 Å². The first-order valence-electron chi connectivity index (χ1n) is 7.16. The van der Waals surface area contributed by atoms with Gasteiger partial charge in [0, 0.05) is 5.69 Å². The number of hydrogen-bond acceptors (Lipinski definition) is 3. The smallest absolute Gasteiger partial charge is 0.368 e. The topological polar surface area (TPSA) is 50.4 Å². The first kappa shape index (κ1) is 16.8. The van der Waals surface area contributed by atoms with Crippen molar-refractivity contribution in [3.63, 3.8) is 0 Å². The number of rotatable bonds is 4. The summed E-state index contributed by atoms with van der Waals surface area (Å²) in [7, 11) is 0. The quantitative estimate of drug-likeness (QED) is 0.898. The highest BCUT2D eigenvalue weighted by Gasteiger charge is 2.32. The van der Waals surface area contributed by atoms with Crippen molar-refractivity contribution in [2.45, 2.75) is 32.0 Å². The maximum Gasteiger partial charge on any atom is 0.416 e. The molecule has 1 aliphatic rings. The number of hydrogen-bond donors (Lipinski definition) is 2. The Kier molecular flexibility index (Phi) is 5.42. The fourth-order valence-corrected chi connectivity index (χ4v) is 2.36. The van der Waals surface area contributed by atoms with Gasteiger partial charge >= 0.3 is 6.18 Å². The van der Waals surface area contributed by atoms with E-state index in [-0.39, 0.29) is 24.0 Å². The molecule has 0 radical (unpaired) electrons. The van der Waals surface area contributed by atoms with Crippen molar-refractivity contribution in [3.8, 4) is 0 Å². The molecule has 0 aliphatic carbocycles. The highest BCUT2D eigenvalue weighted by molar-refractivity contribution is 5.91. The average Bonchev–Trinajstić information content (AvgIpc) is 2.47. The minimum Gasteiger partial charge on any atom is -0.368 e. The molecule has 2 rings (SSSR count). The molecule has 1 aliphatic heterocycles. The number of ether oxygens (including phenoxy) is 1. The van der Waals surface area contributed by atoms with E-state index in [1.54, 1.807) is 0 Å². The molecule has 0 unspecified atom stereocenters. The summed E-state index contributed by atoms with van der Waals surface area (Å²) in [5, 5.41) is 5.62. The molecule has 1 aromatic carbocycles. The van der Waals surface area contributed by atoms with Crippen LogP contribution in [0, 0.1) is 6.92 Å². The summed E-state index contributed by atoms with van der Waals surface area (Å²) in [5.41, 5.74) is -0.502. The van der Waals surface area contributed by atoms with Gasteiger partial charge in [-0.1, -0.05) is 6.07 Å². The van der Waals surface area contributed by atoms with Crippen LogP contribution in [0.15, 0.2) is 18.2 Å². The fraction of sp³-hybridized carbons (Fsp3) is 0.533. The summed E-state index contributed by atoms with van der Waals surface area (Å²) in [6.45, 7) is 2.92. The van der Waals surface area contributed by atoms with Crippen molar-refractivity contribution in [2.75, 3.05) is 25.0 Å². The van der Waals surface area contributed by atoms with Gasteiger partial charge in [0.25, 0.3) is 0 Å². The molecule has 1 saturated heterocycles. The summed E-state index contributed by atoms with van der Waals surface area (Å²) < 4.78 is 43.9. The Bertz CT molecular complexity index is 526. The Balaban J connectivity index is 1.91. The summed E-state index contributed by atoms with van der Waals surface area (Å²) >= 11 is 0. The van der Waals surface area contributed by atoms with E-state index in [2.05, 4.69) is 10.6 Å². The van der Waals surface area contributed by atoms with E-state index in [1.165, 1.54) is 19.1 Å². The largest absolute Gasteiger partial charge is 0.416 e. The van der Waals surface area contributed by atoms with Crippen LogP contribution in [0.4, 0.5) is 18.9 Å². The molecular formula is C15H19F3N2O2. The normalized spacial score (nSPS) is 16.5. The number of aryl methyl sites for hydroxylation is 1. The highest BCUT2D eigenvalue weighted by Crippen LogP contribution is 2.33. The Morgan fingerprint density at radius 1 is 1.36 bits per heavy atom. The lowest BCUT2D eigenvalue weighted by Gasteiger charge is -2.22. The number of alkyl halides is 3. The van der Waals surface area contributed by atoms with Crippen molar-refractivity contribution in [1.29, 1.82) is 0 Å². The molecule has 2 N–H and O–H groups in total. The third-order valence-corrected chi connectivity index (χ3v) is 3.56. The van der Waals surface area contributed by atoms with E-state index in [0.717, 1.165) is 32.0 Å². The molecule has 7 heteroatoms. The predicted octanol–water partition coefficient (Wildman–Crippen LogP) is 2.72. The molecule has 0 atom stereocenters. The molecule has 0 bridgehead atoms. The summed E-state index contributed by atoms with van der Waals surface area (Å²) in [5.74, 6) is -0.449. The van der Waals surface area contributed by atoms with Gasteiger partial charge in [-0.15, -0.1) is 0 Å². The number of halogens is 3. The van der Waals surface area contributed by atoms with Crippen molar-refractivity contribution in [2.24, 2.45) is 0 Å². The van der Waals surface area contributed by atoms with Gasteiger partial charge in [-0.2, -0.15) is 13.2 Å². The van der Waals surface area contributed by atoms with E-state index in [9.17, 15) is 18.0 Å². The van der Waals surface area contributed by atoms with Gasteiger partial charge in [-0.25, -0.2) is 0 Å². The summed E-state index contributed by atoms with van der Waals surface area (Å²) in [6, 6.07) is 3.73. The summed E-state index contributed by atoms with van der Waals surface area (Å²) in [6.07, 6.45) is -2.75. The number of piperidine rings is 1. The molecule has 4 nitrogen and oxygen atoms in total. The van der Waals surface area contributed by atoms with Crippen LogP contribution in [0.1, 0.15) is 24.0 Å². The second-order valence-electron chi connectivity index (χ2n) is 5.34. The first-order valence-corrected chi connectivity index (χ1v) is 7.16. The van der Waals surface area contributed by atoms with E-state index in [0.29, 0.717) is 0 Å². The standard InChI is InChI=1S/C15H19F3N2O2/c1-10-2-3-11(8-13(10)15(16,17)18)20-14(21)9-22-12-4-6-19-7-5-12/h2-3,8,12,19H,4-7,9H2,1H3,(H,20,21). The Morgan fingerprint density at radius 2 is 2.05 bits per heavy atom. The van der Waals surface area contributed by atoms with Crippen LogP contribution in [-0.2, 0) is 15.7 Å². The number of carbonyl (C=O) groups is 1. The zero-order chi connectivity index (χ0) is 16.2. The lowest BCUT2D eigenvalue weighted by atomic mass is 10.1. The third kappa shape index (κ3) is 4.71. The highest BCUT2D eigenvalue weighted by atomic mass is 19.4. The molecule has 0 spiro atoms. The van der Waals surface area contributed by atoms with E-state index in [4.69, 9.17) is 4.74 Å². The van der Waals surface area contributed by atoms with Crippen LogP contribution in [-0.4, -0.2) is 31.7 Å². The van der Waals surface area contributed by atoms with Gasteiger partial charge in [-0.3, -0.25) is 4.79 Å². The van der Waals surface area contributed by atoms with Crippen LogP contribution >= 0.6 is 0 Å². The van der Waals surface area contributed by atoms with Gasteiger partial charge in [0.1, 0.15) is 6.61 Å². The minimum absolute atomic E-state index is 0.0238. The van der Waals surface area contributed by atoms with Gasteiger partial charge in [0.05, 0.1) is 11.7 Å². The maximum absolute atomic E-state index is 12.8. The molecule has 1 aromatic rings. The molecule has 1 heterocycles. The second kappa shape index (κ2) is 7.11. The molecule has 22 heavy (non-hydrogen) atoms. The molecular weight excluding hydrogens is 297 g/mol. The van der Waals surface area contributed by atoms with Gasteiger partial charge in [0.2, 0.25) is 5.91 Å². The lowest BCUT2D eigenvalue weighted by molar-refractivity contribution is -0.138. The number of benzene rings is 1. The molecule has 0 saturated carbocycles. The average molecular weight is 316 g/mol. The van der Waals surface area contributed by atoms with Crippen LogP contribution in [0.25, 0.3) is 0 Å². The fourth-order valence-electron chi connectivity index (χ4n) is 2.36. The van der Waals surface area contributed by atoms with Crippen molar-refractivity contribution >= 4 is 11.6 Å². The first-order chi connectivity index (χ1) is 10.4. The van der Waals surface area contributed by atoms with Gasteiger partial charge in [0.15, 0.2) is 0 Å². The Morgan fingerprint density at radius 3 is 2.68 bits per heavy atom. The number of nitrogens with one attached hydrogen (secondary N) is 2. The Labute approximate surface area is 127 Å². The SMILES string of the molecule is Cc1ccc(NC(=O)COC2CCNCC2)cc1C(F)(F)F. The number of amides is 1. The zero-order valence-electron chi connectivity index (χ0n) is 12.3. The monoisotopic (exact) mass is 316 g/mol. The molecule has 0 aromatic heterocycles. The van der Waals surface area contributed by atoms with Crippen LogP contribution in [0.5, 0.6) is 0 Å². The van der Waals surface area contributed by atoms with Gasteiger partial charge < -0.3 is 15.4 Å². The maximum atomic E-state index is 12.8. The van der Waals surface area contributed by atoms with Crippen LogP contribution < -0.4 is 10.6 Å². The minimum atomic E-state index is -4.43. The Hall–Kier alpha value is -1.60. The van der Waals surface area contributed by atoms with E-state index < -0.39 is 17.6 Å². The van der Waals surface area contributed by atoms with Crippen molar-refractivity contribution in [1.82, 2.24) is 5.32 Å². The van der Waals surface area contributed by atoms with Crippen molar-refractivity contribution in [3.05, 3.63) is 29.3 Å².